The molecule has 1 aromatic heterocycles. The average molecular weight is 263 g/mol. The van der Waals surface area contributed by atoms with E-state index in [9.17, 15) is 10.1 Å². The van der Waals surface area contributed by atoms with Gasteiger partial charge in [-0.05, 0) is 6.92 Å². The molecule has 0 aliphatic heterocycles. The number of hydrogen-bond acceptors (Lipinski definition) is 6. The molecule has 2 rings (SSSR count). The van der Waals surface area contributed by atoms with Gasteiger partial charge in [-0.2, -0.15) is 0 Å². The minimum absolute atomic E-state index is 0.0198. The van der Waals surface area contributed by atoms with Crippen LogP contribution in [0.1, 0.15) is 12.6 Å². The Labute approximate surface area is 109 Å². The smallest absolute Gasteiger partial charge is 0.275 e. The molecule has 0 unspecified atom stereocenters. The molecule has 0 saturated carbocycles. The maximum Gasteiger partial charge on any atom is 0.275 e. The van der Waals surface area contributed by atoms with Gasteiger partial charge in [-0.25, -0.2) is 0 Å². The summed E-state index contributed by atoms with van der Waals surface area (Å²) < 4.78 is 10.0. The lowest BCUT2D eigenvalue weighted by atomic mass is 10.2. The normalized spacial score (nSPS) is 10.2. The van der Waals surface area contributed by atoms with Crippen LogP contribution < -0.4 is 10.1 Å². The van der Waals surface area contributed by atoms with Gasteiger partial charge in [0.05, 0.1) is 24.1 Å². The van der Waals surface area contributed by atoms with Crippen LogP contribution in [0.4, 0.5) is 11.4 Å². The third-order valence-corrected chi connectivity index (χ3v) is 2.38. The van der Waals surface area contributed by atoms with Crippen LogP contribution in [-0.4, -0.2) is 16.7 Å². The van der Waals surface area contributed by atoms with Gasteiger partial charge in [0.15, 0.2) is 0 Å². The number of ether oxygens (including phenoxy) is 1. The summed E-state index contributed by atoms with van der Waals surface area (Å²) in [5, 5.41) is 17.6. The number of benzene rings is 1. The van der Waals surface area contributed by atoms with Crippen molar-refractivity contribution >= 4 is 11.4 Å². The number of non-ortho nitro benzene ring substituents is 1. The lowest BCUT2D eigenvalue weighted by molar-refractivity contribution is -0.384. The molecule has 19 heavy (non-hydrogen) atoms. The molecule has 0 radical (unpaired) electrons. The topological polar surface area (TPSA) is 90.4 Å². The summed E-state index contributed by atoms with van der Waals surface area (Å²) in [6.07, 6.45) is 1.47. The average Bonchev–Trinajstić information content (AvgIpc) is 2.89. The fourth-order valence-corrected chi connectivity index (χ4v) is 1.56. The Bertz CT molecular complexity index is 554. The van der Waals surface area contributed by atoms with Crippen LogP contribution in [0.5, 0.6) is 5.75 Å². The van der Waals surface area contributed by atoms with E-state index in [0.717, 1.165) is 0 Å². The van der Waals surface area contributed by atoms with Crippen molar-refractivity contribution in [1.82, 2.24) is 5.16 Å². The summed E-state index contributed by atoms with van der Waals surface area (Å²) in [5.74, 6) is 0.458. The third kappa shape index (κ3) is 3.44. The summed E-state index contributed by atoms with van der Waals surface area (Å²) in [6.45, 7) is 2.69. The molecule has 0 amide bonds. The van der Waals surface area contributed by atoms with E-state index < -0.39 is 4.92 Å². The molecular weight excluding hydrogens is 250 g/mol. The Kier molecular flexibility index (Phi) is 3.97. The molecule has 1 heterocycles. The maximum absolute atomic E-state index is 10.8. The monoisotopic (exact) mass is 263 g/mol. The van der Waals surface area contributed by atoms with Crippen molar-refractivity contribution in [3.8, 4) is 5.75 Å². The van der Waals surface area contributed by atoms with Gasteiger partial charge >= 0.3 is 0 Å². The van der Waals surface area contributed by atoms with Gasteiger partial charge in [0.1, 0.15) is 17.7 Å². The first-order valence-corrected chi connectivity index (χ1v) is 5.74. The van der Waals surface area contributed by atoms with E-state index in [1.807, 2.05) is 6.92 Å². The quantitative estimate of drug-likeness (QED) is 0.636. The number of anilines is 1. The standard InChI is InChI=1S/C12H13N3O4/c1-2-18-12-6-10(5-11(7-12)15(16)17)13-8-9-3-4-19-14-9/h3-7,13H,2,8H2,1H3. The first-order chi connectivity index (χ1) is 9.19. The summed E-state index contributed by atoms with van der Waals surface area (Å²) >= 11 is 0. The zero-order valence-corrected chi connectivity index (χ0v) is 10.3. The van der Waals surface area contributed by atoms with Crippen LogP contribution in [0, 0.1) is 10.1 Å². The first-order valence-electron chi connectivity index (χ1n) is 5.74. The predicted octanol–water partition coefficient (Wildman–Crippen LogP) is 2.59. The molecule has 0 aliphatic rings. The molecule has 100 valence electrons. The van der Waals surface area contributed by atoms with E-state index in [2.05, 4.69) is 10.5 Å². The number of nitro groups is 1. The van der Waals surface area contributed by atoms with Crippen LogP contribution >= 0.6 is 0 Å². The Morgan fingerprint density at radius 3 is 2.95 bits per heavy atom. The van der Waals surface area contributed by atoms with E-state index in [-0.39, 0.29) is 5.69 Å². The molecule has 1 N–H and O–H groups in total. The molecule has 2 aromatic rings. The minimum Gasteiger partial charge on any atom is -0.494 e. The van der Waals surface area contributed by atoms with Crippen molar-refractivity contribution in [3.05, 3.63) is 46.3 Å². The molecule has 0 fully saturated rings. The van der Waals surface area contributed by atoms with Crippen molar-refractivity contribution in [3.63, 3.8) is 0 Å². The second kappa shape index (κ2) is 5.85. The molecule has 0 spiro atoms. The van der Waals surface area contributed by atoms with Gasteiger partial charge in [-0.1, -0.05) is 5.16 Å². The van der Waals surface area contributed by atoms with Gasteiger partial charge in [0, 0.05) is 23.9 Å². The van der Waals surface area contributed by atoms with E-state index in [1.165, 1.54) is 18.4 Å². The number of nitro benzene ring substituents is 1. The fraction of sp³-hybridized carbons (Fsp3) is 0.250. The molecule has 0 atom stereocenters. The van der Waals surface area contributed by atoms with Gasteiger partial charge in [0.25, 0.3) is 5.69 Å². The van der Waals surface area contributed by atoms with Crippen LogP contribution in [0.15, 0.2) is 35.1 Å². The Hall–Kier alpha value is -2.57. The lowest BCUT2D eigenvalue weighted by Gasteiger charge is -2.08. The highest BCUT2D eigenvalue weighted by atomic mass is 16.6. The molecule has 7 nitrogen and oxygen atoms in total. The Balaban J connectivity index is 2.16. The number of rotatable bonds is 6. The van der Waals surface area contributed by atoms with Crippen LogP contribution in [0.3, 0.4) is 0 Å². The summed E-state index contributed by atoms with van der Waals surface area (Å²) in [4.78, 5) is 10.4. The zero-order valence-electron chi connectivity index (χ0n) is 10.3. The number of aromatic nitrogens is 1. The second-order valence-electron chi connectivity index (χ2n) is 3.75. The van der Waals surface area contributed by atoms with E-state index >= 15 is 0 Å². The van der Waals surface area contributed by atoms with Crippen molar-refractivity contribution in [2.24, 2.45) is 0 Å². The van der Waals surface area contributed by atoms with Crippen LogP contribution in [0.2, 0.25) is 0 Å². The molecule has 1 aromatic carbocycles. The van der Waals surface area contributed by atoms with Crippen molar-refractivity contribution < 1.29 is 14.2 Å². The van der Waals surface area contributed by atoms with Gasteiger partial charge in [-0.3, -0.25) is 10.1 Å². The van der Waals surface area contributed by atoms with Crippen LogP contribution in [0.25, 0.3) is 0 Å². The number of nitrogens with zero attached hydrogens (tertiary/aromatic N) is 2. The Morgan fingerprint density at radius 1 is 1.47 bits per heavy atom. The van der Waals surface area contributed by atoms with Crippen LogP contribution in [-0.2, 0) is 6.54 Å². The van der Waals surface area contributed by atoms with E-state index in [0.29, 0.717) is 30.3 Å². The molecule has 0 bridgehead atoms. The van der Waals surface area contributed by atoms with E-state index in [4.69, 9.17) is 9.26 Å². The second-order valence-corrected chi connectivity index (χ2v) is 3.75. The van der Waals surface area contributed by atoms with Crippen molar-refractivity contribution in [1.29, 1.82) is 0 Å². The fourth-order valence-electron chi connectivity index (χ4n) is 1.56. The van der Waals surface area contributed by atoms with Gasteiger partial charge < -0.3 is 14.6 Å². The first kappa shape index (κ1) is 12.9. The maximum atomic E-state index is 10.8. The number of hydrogen-bond donors (Lipinski definition) is 1. The van der Waals surface area contributed by atoms with Gasteiger partial charge in [-0.15, -0.1) is 0 Å². The van der Waals surface area contributed by atoms with E-state index in [1.54, 1.807) is 12.1 Å². The van der Waals surface area contributed by atoms with Gasteiger partial charge in [0.2, 0.25) is 0 Å². The molecular formula is C12H13N3O4. The SMILES string of the molecule is CCOc1cc(NCc2ccon2)cc([N+](=O)[O-])c1. The summed E-state index contributed by atoms with van der Waals surface area (Å²) in [7, 11) is 0. The Morgan fingerprint density at radius 2 is 2.32 bits per heavy atom. The predicted molar refractivity (Wildman–Crippen MR) is 68.1 cm³/mol. The largest absolute Gasteiger partial charge is 0.494 e. The zero-order chi connectivity index (χ0) is 13.7. The summed E-state index contributed by atoms with van der Waals surface area (Å²) in [6, 6.07) is 6.26. The lowest BCUT2D eigenvalue weighted by Crippen LogP contribution is -2.01. The molecule has 7 heteroatoms. The number of nitrogens with one attached hydrogen (secondary N) is 1. The highest BCUT2D eigenvalue weighted by Gasteiger charge is 2.10. The highest BCUT2D eigenvalue weighted by Crippen LogP contribution is 2.26. The minimum atomic E-state index is -0.455. The van der Waals surface area contributed by atoms with Crippen molar-refractivity contribution in [2.75, 3.05) is 11.9 Å². The highest BCUT2D eigenvalue weighted by molar-refractivity contribution is 5.56. The summed E-state index contributed by atoms with van der Waals surface area (Å²) in [5.41, 5.74) is 1.29. The van der Waals surface area contributed by atoms with Crippen molar-refractivity contribution in [2.45, 2.75) is 13.5 Å². The third-order valence-electron chi connectivity index (χ3n) is 2.38. The molecule has 0 saturated heterocycles. The molecule has 0 aliphatic carbocycles.